The van der Waals surface area contributed by atoms with Crippen LogP contribution in [0, 0.1) is 0 Å². The highest BCUT2D eigenvalue weighted by Crippen LogP contribution is 2.19. The summed E-state index contributed by atoms with van der Waals surface area (Å²) in [6.07, 6.45) is 4.18. The zero-order valence-electron chi connectivity index (χ0n) is 7.68. The highest BCUT2D eigenvalue weighted by Gasteiger charge is 2.18. The van der Waals surface area contributed by atoms with E-state index in [9.17, 15) is 5.11 Å². The summed E-state index contributed by atoms with van der Waals surface area (Å²) in [7, 11) is 0. The summed E-state index contributed by atoms with van der Waals surface area (Å²) in [5, 5.41) is 13.5. The average molecular weight is 182 g/mol. The molecule has 1 fully saturated rings. The first-order chi connectivity index (χ1) is 6.27. The molecule has 0 spiro atoms. The minimum atomic E-state index is -0.434. The maximum Gasteiger partial charge on any atom is 0.0792 e. The Morgan fingerprint density at radius 2 is 2.62 bits per heavy atom. The summed E-state index contributed by atoms with van der Waals surface area (Å²) in [4.78, 5) is 0. The first-order valence-corrected chi connectivity index (χ1v) is 4.57. The van der Waals surface area contributed by atoms with E-state index in [1.54, 1.807) is 13.1 Å². The van der Waals surface area contributed by atoms with E-state index in [1.165, 1.54) is 0 Å². The summed E-state index contributed by atoms with van der Waals surface area (Å²) in [5.74, 6) is 0. The Hall–Kier alpha value is -0.870. The standard InChI is InChI=1S/C9H14N2O2/c1-7(12)8-4-10-11(5-8)9-2-3-13-6-9/h4-5,7,9,12H,2-3,6H2,1H3. The first kappa shape index (κ1) is 8.72. The fraction of sp³-hybridized carbons (Fsp3) is 0.667. The van der Waals surface area contributed by atoms with Crippen LogP contribution in [0.15, 0.2) is 12.4 Å². The number of rotatable bonds is 2. The van der Waals surface area contributed by atoms with Crippen molar-refractivity contribution in [2.75, 3.05) is 13.2 Å². The Balaban J connectivity index is 2.12. The summed E-state index contributed by atoms with van der Waals surface area (Å²) in [6, 6.07) is 0.354. The van der Waals surface area contributed by atoms with Crippen LogP contribution >= 0.6 is 0 Å². The molecular formula is C9H14N2O2. The third-order valence-electron chi connectivity index (χ3n) is 2.38. The van der Waals surface area contributed by atoms with Gasteiger partial charge in [0.25, 0.3) is 0 Å². The second-order valence-corrected chi connectivity index (χ2v) is 3.45. The van der Waals surface area contributed by atoms with E-state index in [-0.39, 0.29) is 0 Å². The largest absolute Gasteiger partial charge is 0.389 e. The van der Waals surface area contributed by atoms with Gasteiger partial charge in [-0.3, -0.25) is 4.68 Å². The molecule has 1 aromatic rings. The van der Waals surface area contributed by atoms with Crippen molar-refractivity contribution in [1.29, 1.82) is 0 Å². The molecule has 0 amide bonds. The van der Waals surface area contributed by atoms with Crippen molar-refractivity contribution in [2.45, 2.75) is 25.5 Å². The van der Waals surface area contributed by atoms with E-state index in [1.807, 2.05) is 10.9 Å². The van der Waals surface area contributed by atoms with Gasteiger partial charge in [0.2, 0.25) is 0 Å². The molecule has 0 saturated carbocycles. The van der Waals surface area contributed by atoms with Crippen LogP contribution in [0.1, 0.15) is 31.1 Å². The molecule has 2 heterocycles. The molecule has 1 aromatic heterocycles. The third-order valence-corrected chi connectivity index (χ3v) is 2.38. The number of ether oxygens (including phenoxy) is 1. The van der Waals surface area contributed by atoms with Gasteiger partial charge >= 0.3 is 0 Å². The predicted molar refractivity (Wildman–Crippen MR) is 47.3 cm³/mol. The Bertz CT molecular complexity index is 277. The van der Waals surface area contributed by atoms with Gasteiger partial charge in [-0.15, -0.1) is 0 Å². The second-order valence-electron chi connectivity index (χ2n) is 3.45. The lowest BCUT2D eigenvalue weighted by atomic mass is 10.2. The molecular weight excluding hydrogens is 168 g/mol. The Morgan fingerprint density at radius 1 is 1.77 bits per heavy atom. The number of aliphatic hydroxyl groups excluding tert-OH is 1. The lowest BCUT2D eigenvalue weighted by Gasteiger charge is -2.06. The molecule has 1 N–H and O–H groups in total. The van der Waals surface area contributed by atoms with E-state index in [4.69, 9.17) is 4.74 Å². The normalized spacial score (nSPS) is 24.9. The van der Waals surface area contributed by atoms with Crippen LogP contribution in [0.4, 0.5) is 0 Å². The molecule has 72 valence electrons. The molecule has 1 aliphatic heterocycles. The monoisotopic (exact) mass is 182 g/mol. The van der Waals surface area contributed by atoms with Crippen molar-refractivity contribution in [3.63, 3.8) is 0 Å². The Kier molecular flexibility index (Phi) is 2.33. The van der Waals surface area contributed by atoms with Gasteiger partial charge in [-0.2, -0.15) is 5.10 Å². The number of hydrogen-bond acceptors (Lipinski definition) is 3. The SMILES string of the molecule is CC(O)c1cnn(C2CCOC2)c1. The first-order valence-electron chi connectivity index (χ1n) is 4.57. The van der Waals surface area contributed by atoms with Crippen LogP contribution in [0.3, 0.4) is 0 Å². The smallest absolute Gasteiger partial charge is 0.0792 e. The number of nitrogens with zero attached hydrogens (tertiary/aromatic N) is 2. The van der Waals surface area contributed by atoms with Gasteiger partial charge in [-0.05, 0) is 13.3 Å². The second kappa shape index (κ2) is 3.47. The van der Waals surface area contributed by atoms with Gasteiger partial charge in [0.1, 0.15) is 0 Å². The molecule has 1 saturated heterocycles. The van der Waals surface area contributed by atoms with Gasteiger partial charge < -0.3 is 9.84 Å². The maximum atomic E-state index is 9.30. The maximum absolute atomic E-state index is 9.30. The Morgan fingerprint density at radius 3 is 3.15 bits per heavy atom. The van der Waals surface area contributed by atoms with Gasteiger partial charge in [0.05, 0.1) is 24.9 Å². The van der Waals surface area contributed by atoms with Crippen molar-refractivity contribution in [1.82, 2.24) is 9.78 Å². The van der Waals surface area contributed by atoms with Crippen molar-refractivity contribution in [2.24, 2.45) is 0 Å². The summed E-state index contributed by atoms with van der Waals surface area (Å²) >= 11 is 0. The molecule has 13 heavy (non-hydrogen) atoms. The third kappa shape index (κ3) is 1.73. The molecule has 0 aliphatic carbocycles. The summed E-state index contributed by atoms with van der Waals surface area (Å²) in [6.45, 7) is 3.29. The topological polar surface area (TPSA) is 47.3 Å². The van der Waals surface area contributed by atoms with E-state index < -0.39 is 6.10 Å². The number of aliphatic hydroxyl groups is 1. The van der Waals surface area contributed by atoms with Crippen LogP contribution in [0.25, 0.3) is 0 Å². The quantitative estimate of drug-likeness (QED) is 0.739. The lowest BCUT2D eigenvalue weighted by molar-refractivity contribution is 0.184. The van der Waals surface area contributed by atoms with Crippen molar-refractivity contribution in [3.05, 3.63) is 18.0 Å². The number of hydrogen-bond donors (Lipinski definition) is 1. The number of aromatic nitrogens is 2. The van der Waals surface area contributed by atoms with Gasteiger partial charge in [0, 0.05) is 18.4 Å². The van der Waals surface area contributed by atoms with E-state index >= 15 is 0 Å². The Labute approximate surface area is 77.1 Å². The molecule has 2 unspecified atom stereocenters. The van der Waals surface area contributed by atoms with Crippen molar-refractivity contribution >= 4 is 0 Å². The van der Waals surface area contributed by atoms with Gasteiger partial charge in [-0.25, -0.2) is 0 Å². The molecule has 4 heteroatoms. The molecule has 0 bridgehead atoms. The summed E-state index contributed by atoms with van der Waals surface area (Å²) in [5.41, 5.74) is 0.868. The fourth-order valence-electron chi connectivity index (χ4n) is 1.50. The molecule has 2 rings (SSSR count). The molecule has 2 atom stereocenters. The van der Waals surface area contributed by atoms with Crippen LogP contribution < -0.4 is 0 Å². The summed E-state index contributed by atoms with van der Waals surface area (Å²) < 4.78 is 7.14. The molecule has 4 nitrogen and oxygen atoms in total. The fourth-order valence-corrected chi connectivity index (χ4v) is 1.50. The highest BCUT2D eigenvalue weighted by atomic mass is 16.5. The molecule has 0 radical (unpaired) electrons. The zero-order valence-corrected chi connectivity index (χ0v) is 7.68. The van der Waals surface area contributed by atoms with Crippen molar-refractivity contribution in [3.8, 4) is 0 Å². The van der Waals surface area contributed by atoms with Crippen LogP contribution in [-0.4, -0.2) is 28.1 Å². The van der Waals surface area contributed by atoms with Gasteiger partial charge in [0.15, 0.2) is 0 Å². The van der Waals surface area contributed by atoms with E-state index in [0.717, 1.165) is 25.2 Å². The van der Waals surface area contributed by atoms with Crippen LogP contribution in [-0.2, 0) is 4.74 Å². The minimum Gasteiger partial charge on any atom is -0.389 e. The highest BCUT2D eigenvalue weighted by molar-refractivity contribution is 5.07. The average Bonchev–Trinajstić information content (AvgIpc) is 2.75. The lowest BCUT2D eigenvalue weighted by Crippen LogP contribution is -2.08. The van der Waals surface area contributed by atoms with Crippen LogP contribution in [0.2, 0.25) is 0 Å². The van der Waals surface area contributed by atoms with E-state index in [2.05, 4.69) is 5.10 Å². The van der Waals surface area contributed by atoms with Gasteiger partial charge in [-0.1, -0.05) is 0 Å². The minimum absolute atomic E-state index is 0.354. The molecule has 0 aromatic carbocycles. The predicted octanol–water partition coefficient (Wildman–Crippen LogP) is 0.898. The zero-order chi connectivity index (χ0) is 9.26. The molecule has 1 aliphatic rings. The van der Waals surface area contributed by atoms with E-state index in [0.29, 0.717) is 6.04 Å². The van der Waals surface area contributed by atoms with Crippen molar-refractivity contribution < 1.29 is 9.84 Å². The van der Waals surface area contributed by atoms with Crippen LogP contribution in [0.5, 0.6) is 0 Å².